The van der Waals surface area contributed by atoms with Crippen LogP contribution in [0.2, 0.25) is 0 Å². The SMILES string of the molecule is CSc1ccc(Nc2coc3c(F)cncc23)c(F)c1. The van der Waals surface area contributed by atoms with E-state index in [-0.39, 0.29) is 11.4 Å². The molecule has 0 aliphatic carbocycles. The Morgan fingerprint density at radius 1 is 1.15 bits per heavy atom. The molecule has 20 heavy (non-hydrogen) atoms. The zero-order chi connectivity index (χ0) is 14.1. The van der Waals surface area contributed by atoms with Crippen molar-refractivity contribution >= 4 is 34.1 Å². The lowest BCUT2D eigenvalue weighted by atomic mass is 10.2. The number of thioether (sulfide) groups is 1. The normalized spacial score (nSPS) is 10.9. The molecule has 2 heterocycles. The van der Waals surface area contributed by atoms with Crippen LogP contribution in [0.1, 0.15) is 0 Å². The third kappa shape index (κ3) is 2.22. The molecule has 1 aromatic carbocycles. The van der Waals surface area contributed by atoms with Crippen molar-refractivity contribution in [2.75, 3.05) is 11.6 Å². The zero-order valence-corrected chi connectivity index (χ0v) is 11.3. The van der Waals surface area contributed by atoms with Gasteiger partial charge in [-0.25, -0.2) is 8.78 Å². The van der Waals surface area contributed by atoms with Crippen LogP contribution in [-0.4, -0.2) is 11.2 Å². The Morgan fingerprint density at radius 3 is 2.75 bits per heavy atom. The summed E-state index contributed by atoms with van der Waals surface area (Å²) in [5.74, 6) is -0.927. The van der Waals surface area contributed by atoms with Gasteiger partial charge in [0.2, 0.25) is 0 Å². The molecule has 0 atom stereocenters. The van der Waals surface area contributed by atoms with Crippen LogP contribution in [0.3, 0.4) is 0 Å². The van der Waals surface area contributed by atoms with Gasteiger partial charge >= 0.3 is 0 Å². The van der Waals surface area contributed by atoms with Gasteiger partial charge in [0.25, 0.3) is 0 Å². The van der Waals surface area contributed by atoms with Crippen LogP contribution < -0.4 is 5.32 Å². The monoisotopic (exact) mass is 292 g/mol. The van der Waals surface area contributed by atoms with Gasteiger partial charge in [0, 0.05) is 11.1 Å². The highest BCUT2D eigenvalue weighted by Crippen LogP contribution is 2.31. The highest BCUT2D eigenvalue weighted by molar-refractivity contribution is 7.98. The highest BCUT2D eigenvalue weighted by atomic mass is 32.2. The number of hydrogen-bond donors (Lipinski definition) is 1. The molecule has 2 aromatic heterocycles. The van der Waals surface area contributed by atoms with E-state index in [1.807, 2.05) is 6.26 Å². The molecular weight excluding hydrogens is 282 g/mol. The number of benzene rings is 1. The van der Waals surface area contributed by atoms with Gasteiger partial charge in [0.1, 0.15) is 12.1 Å². The predicted molar refractivity (Wildman–Crippen MR) is 75.4 cm³/mol. The van der Waals surface area contributed by atoms with Crippen molar-refractivity contribution in [3.05, 3.63) is 48.5 Å². The summed E-state index contributed by atoms with van der Waals surface area (Å²) in [4.78, 5) is 4.60. The van der Waals surface area contributed by atoms with E-state index < -0.39 is 5.82 Å². The Hall–Kier alpha value is -2.08. The van der Waals surface area contributed by atoms with Crippen molar-refractivity contribution in [3.63, 3.8) is 0 Å². The lowest BCUT2D eigenvalue weighted by molar-refractivity contribution is 0.558. The quantitative estimate of drug-likeness (QED) is 0.717. The Balaban J connectivity index is 1.99. The van der Waals surface area contributed by atoms with Gasteiger partial charge in [0.05, 0.1) is 23.0 Å². The number of nitrogens with one attached hydrogen (secondary N) is 1. The average Bonchev–Trinajstić information content (AvgIpc) is 2.86. The molecule has 3 nitrogen and oxygen atoms in total. The molecule has 0 fully saturated rings. The van der Waals surface area contributed by atoms with E-state index in [0.717, 1.165) is 11.1 Å². The maximum Gasteiger partial charge on any atom is 0.184 e. The smallest absolute Gasteiger partial charge is 0.184 e. The average molecular weight is 292 g/mol. The number of pyridine rings is 1. The van der Waals surface area contributed by atoms with Crippen molar-refractivity contribution < 1.29 is 13.2 Å². The number of rotatable bonds is 3. The first-order valence-corrected chi connectivity index (χ1v) is 7.03. The minimum absolute atomic E-state index is 0.101. The fraction of sp³-hybridized carbons (Fsp3) is 0.0714. The van der Waals surface area contributed by atoms with Gasteiger partial charge in [-0.2, -0.15) is 0 Å². The number of hydrogen-bond acceptors (Lipinski definition) is 4. The summed E-state index contributed by atoms with van der Waals surface area (Å²) in [5.41, 5.74) is 0.876. The van der Waals surface area contributed by atoms with Crippen molar-refractivity contribution in [3.8, 4) is 0 Å². The molecule has 0 saturated carbocycles. The highest BCUT2D eigenvalue weighted by Gasteiger charge is 2.12. The molecule has 0 aliphatic rings. The minimum Gasteiger partial charge on any atom is -0.459 e. The summed E-state index contributed by atoms with van der Waals surface area (Å²) in [5, 5.41) is 3.36. The first-order chi connectivity index (χ1) is 9.69. The standard InChI is InChI=1S/C14H10F2N2OS/c1-20-8-2-3-12(10(15)4-8)18-13-7-19-14-9(13)5-17-6-11(14)16/h2-7,18H,1H3. The van der Waals surface area contributed by atoms with E-state index in [1.165, 1.54) is 30.3 Å². The Morgan fingerprint density at radius 2 is 2.00 bits per heavy atom. The van der Waals surface area contributed by atoms with Crippen LogP contribution in [0.15, 0.2) is 46.2 Å². The molecule has 0 spiro atoms. The molecule has 102 valence electrons. The van der Waals surface area contributed by atoms with E-state index in [1.54, 1.807) is 12.1 Å². The summed E-state index contributed by atoms with van der Waals surface area (Å²) in [6, 6.07) is 4.87. The Labute approximate surface area is 118 Å². The van der Waals surface area contributed by atoms with Gasteiger partial charge in [-0.3, -0.25) is 4.98 Å². The van der Waals surface area contributed by atoms with Gasteiger partial charge in [-0.05, 0) is 24.5 Å². The first-order valence-electron chi connectivity index (χ1n) is 5.80. The van der Waals surface area contributed by atoms with Gasteiger partial charge in [-0.15, -0.1) is 11.8 Å². The van der Waals surface area contributed by atoms with E-state index in [9.17, 15) is 8.78 Å². The zero-order valence-electron chi connectivity index (χ0n) is 10.5. The van der Waals surface area contributed by atoms with E-state index in [0.29, 0.717) is 16.8 Å². The summed E-state index contributed by atoms with van der Waals surface area (Å²) in [6.07, 6.45) is 5.76. The summed E-state index contributed by atoms with van der Waals surface area (Å²) in [6.45, 7) is 0. The number of nitrogens with zero attached hydrogens (tertiary/aromatic N) is 1. The molecular formula is C14H10F2N2OS. The van der Waals surface area contributed by atoms with Crippen LogP contribution >= 0.6 is 11.8 Å². The fourth-order valence-electron chi connectivity index (χ4n) is 1.88. The third-order valence-electron chi connectivity index (χ3n) is 2.88. The predicted octanol–water partition coefficient (Wildman–Crippen LogP) is 4.57. The molecule has 0 unspecified atom stereocenters. The van der Waals surface area contributed by atoms with E-state index in [4.69, 9.17) is 4.42 Å². The largest absolute Gasteiger partial charge is 0.459 e. The topological polar surface area (TPSA) is 38.1 Å². The Kier molecular flexibility index (Phi) is 3.31. The van der Waals surface area contributed by atoms with E-state index in [2.05, 4.69) is 10.3 Å². The lowest BCUT2D eigenvalue weighted by Crippen LogP contribution is -1.93. The number of anilines is 2. The third-order valence-corrected chi connectivity index (χ3v) is 3.61. The molecule has 0 saturated heterocycles. The first kappa shape index (κ1) is 12.9. The second kappa shape index (κ2) is 5.13. The van der Waals surface area contributed by atoms with Crippen molar-refractivity contribution in [1.82, 2.24) is 4.98 Å². The lowest BCUT2D eigenvalue weighted by Gasteiger charge is -2.06. The number of aromatic nitrogens is 1. The molecule has 0 bridgehead atoms. The molecule has 1 N–H and O–H groups in total. The molecule has 3 rings (SSSR count). The number of fused-ring (bicyclic) bond motifs is 1. The Bertz CT molecular complexity index is 773. The fourth-order valence-corrected chi connectivity index (χ4v) is 2.31. The van der Waals surface area contributed by atoms with E-state index >= 15 is 0 Å². The number of furan rings is 1. The van der Waals surface area contributed by atoms with Crippen molar-refractivity contribution in [1.29, 1.82) is 0 Å². The van der Waals surface area contributed by atoms with Crippen LogP contribution in [0, 0.1) is 11.6 Å². The van der Waals surface area contributed by atoms with Gasteiger partial charge in [0.15, 0.2) is 11.4 Å². The van der Waals surface area contributed by atoms with Gasteiger partial charge < -0.3 is 9.73 Å². The van der Waals surface area contributed by atoms with Crippen molar-refractivity contribution in [2.45, 2.75) is 4.90 Å². The molecule has 0 radical (unpaired) electrons. The molecule has 3 aromatic rings. The van der Waals surface area contributed by atoms with Gasteiger partial charge in [-0.1, -0.05) is 0 Å². The van der Waals surface area contributed by atoms with Crippen LogP contribution in [-0.2, 0) is 0 Å². The summed E-state index contributed by atoms with van der Waals surface area (Å²) in [7, 11) is 0. The number of halogens is 2. The maximum atomic E-state index is 13.9. The summed E-state index contributed by atoms with van der Waals surface area (Å²) < 4.78 is 32.5. The maximum absolute atomic E-state index is 13.9. The van der Waals surface area contributed by atoms with Crippen LogP contribution in [0.5, 0.6) is 0 Å². The second-order valence-corrected chi connectivity index (χ2v) is 5.00. The second-order valence-electron chi connectivity index (χ2n) is 4.12. The van der Waals surface area contributed by atoms with Crippen LogP contribution in [0.25, 0.3) is 11.0 Å². The molecule has 6 heteroatoms. The summed E-state index contributed by atoms with van der Waals surface area (Å²) >= 11 is 1.46. The molecule has 0 aliphatic heterocycles. The van der Waals surface area contributed by atoms with Crippen molar-refractivity contribution in [2.24, 2.45) is 0 Å². The molecule has 0 amide bonds. The van der Waals surface area contributed by atoms with Crippen LogP contribution in [0.4, 0.5) is 20.2 Å². The minimum atomic E-state index is -0.547.